The lowest BCUT2D eigenvalue weighted by molar-refractivity contribution is -0.385. The second kappa shape index (κ2) is 5.59. The second-order valence-electron chi connectivity index (χ2n) is 3.81. The number of nitro groups is 1. The minimum absolute atomic E-state index is 0.147. The van der Waals surface area contributed by atoms with E-state index >= 15 is 0 Å². The van der Waals surface area contributed by atoms with Crippen LogP contribution < -0.4 is 5.32 Å². The number of rotatable bonds is 5. The van der Waals surface area contributed by atoms with Gasteiger partial charge in [0.25, 0.3) is 5.69 Å². The second-order valence-corrected chi connectivity index (χ2v) is 4.79. The Morgan fingerprint density at radius 2 is 2.33 bits per heavy atom. The Bertz CT molecular complexity index is 540. The van der Waals surface area contributed by atoms with Gasteiger partial charge in [-0.15, -0.1) is 11.3 Å². The highest BCUT2D eigenvalue weighted by Gasteiger charge is 2.12. The van der Waals surface area contributed by atoms with Crippen molar-refractivity contribution in [2.24, 2.45) is 0 Å². The van der Waals surface area contributed by atoms with Crippen LogP contribution in [0.15, 0.2) is 29.8 Å². The van der Waals surface area contributed by atoms with Gasteiger partial charge in [-0.3, -0.25) is 10.1 Å². The van der Waals surface area contributed by atoms with Crippen LogP contribution in [-0.2, 0) is 6.42 Å². The maximum Gasteiger partial charge on any atom is 0.274 e. The zero-order chi connectivity index (χ0) is 13.0. The zero-order valence-corrected chi connectivity index (χ0v) is 10.7. The SMILES string of the molecule is Cc1c(NCCc2nccs2)cccc1[N+](=O)[O-]. The summed E-state index contributed by atoms with van der Waals surface area (Å²) in [5.74, 6) is 0. The van der Waals surface area contributed by atoms with Crippen LogP contribution in [0.25, 0.3) is 0 Å². The molecule has 1 N–H and O–H groups in total. The molecule has 0 atom stereocenters. The molecular formula is C12H13N3O2S. The van der Waals surface area contributed by atoms with E-state index in [2.05, 4.69) is 10.3 Å². The minimum atomic E-state index is -0.360. The van der Waals surface area contributed by atoms with Crippen LogP contribution in [0.2, 0.25) is 0 Å². The zero-order valence-electron chi connectivity index (χ0n) is 9.92. The predicted molar refractivity (Wildman–Crippen MR) is 72.1 cm³/mol. The van der Waals surface area contributed by atoms with Crippen molar-refractivity contribution in [2.75, 3.05) is 11.9 Å². The third kappa shape index (κ3) is 2.84. The molecule has 1 aromatic heterocycles. The van der Waals surface area contributed by atoms with E-state index < -0.39 is 0 Å². The lowest BCUT2D eigenvalue weighted by Crippen LogP contribution is -2.06. The summed E-state index contributed by atoms with van der Waals surface area (Å²) in [4.78, 5) is 14.6. The summed E-state index contributed by atoms with van der Waals surface area (Å²) < 4.78 is 0. The number of nitrogens with zero attached hydrogens (tertiary/aromatic N) is 2. The van der Waals surface area contributed by atoms with Crippen molar-refractivity contribution in [1.29, 1.82) is 0 Å². The summed E-state index contributed by atoms with van der Waals surface area (Å²) in [6.45, 7) is 2.47. The fourth-order valence-electron chi connectivity index (χ4n) is 1.69. The van der Waals surface area contributed by atoms with Gasteiger partial charge in [0.2, 0.25) is 0 Å². The average molecular weight is 263 g/mol. The number of aromatic nitrogens is 1. The molecule has 0 aliphatic rings. The van der Waals surface area contributed by atoms with Crippen LogP contribution >= 0.6 is 11.3 Å². The maximum atomic E-state index is 10.8. The maximum absolute atomic E-state index is 10.8. The number of thiazole rings is 1. The standard InChI is InChI=1S/C12H13N3O2S/c1-9-10(3-2-4-11(9)15(16)17)13-6-5-12-14-7-8-18-12/h2-4,7-8,13H,5-6H2,1H3. The molecule has 0 aliphatic heterocycles. The van der Waals surface area contributed by atoms with Gasteiger partial charge in [-0.2, -0.15) is 0 Å². The normalized spacial score (nSPS) is 10.3. The van der Waals surface area contributed by atoms with Crippen molar-refractivity contribution in [3.05, 3.63) is 50.5 Å². The minimum Gasteiger partial charge on any atom is -0.384 e. The molecule has 0 unspecified atom stereocenters. The van der Waals surface area contributed by atoms with Crippen LogP contribution in [0.1, 0.15) is 10.6 Å². The third-order valence-corrected chi connectivity index (χ3v) is 3.48. The summed E-state index contributed by atoms with van der Waals surface area (Å²) in [5.41, 5.74) is 1.62. The summed E-state index contributed by atoms with van der Waals surface area (Å²) in [5, 5.41) is 17.0. The summed E-state index contributed by atoms with van der Waals surface area (Å²) >= 11 is 1.61. The molecule has 0 amide bonds. The number of hydrogen-bond acceptors (Lipinski definition) is 5. The third-order valence-electron chi connectivity index (χ3n) is 2.64. The van der Waals surface area contributed by atoms with Gasteiger partial charge in [0.05, 0.1) is 9.93 Å². The molecule has 18 heavy (non-hydrogen) atoms. The molecule has 0 spiro atoms. The predicted octanol–water partition coefficient (Wildman–Crippen LogP) is 3.01. The molecular weight excluding hydrogens is 250 g/mol. The van der Waals surface area contributed by atoms with E-state index in [1.165, 1.54) is 6.07 Å². The number of nitro benzene ring substituents is 1. The van der Waals surface area contributed by atoms with E-state index in [-0.39, 0.29) is 10.6 Å². The van der Waals surface area contributed by atoms with Gasteiger partial charge in [0, 0.05) is 41.9 Å². The number of hydrogen-bond donors (Lipinski definition) is 1. The van der Waals surface area contributed by atoms with Gasteiger partial charge < -0.3 is 5.32 Å². The molecule has 1 heterocycles. The Balaban J connectivity index is 2.01. The molecule has 0 saturated carbocycles. The largest absolute Gasteiger partial charge is 0.384 e. The summed E-state index contributed by atoms with van der Waals surface area (Å²) in [6.07, 6.45) is 2.60. The summed E-state index contributed by atoms with van der Waals surface area (Å²) in [6, 6.07) is 5.06. The Labute approximate surface area is 109 Å². The molecule has 0 saturated heterocycles. The van der Waals surface area contributed by atoms with Crippen molar-refractivity contribution in [2.45, 2.75) is 13.3 Å². The van der Waals surface area contributed by atoms with Crippen molar-refractivity contribution in [1.82, 2.24) is 4.98 Å². The van der Waals surface area contributed by atoms with Gasteiger partial charge in [-0.1, -0.05) is 6.07 Å². The first kappa shape index (κ1) is 12.5. The van der Waals surface area contributed by atoms with E-state index in [1.54, 1.807) is 30.5 Å². The average Bonchev–Trinajstić information content (AvgIpc) is 2.84. The highest BCUT2D eigenvalue weighted by molar-refractivity contribution is 7.09. The van der Waals surface area contributed by atoms with Crippen molar-refractivity contribution >= 4 is 22.7 Å². The van der Waals surface area contributed by atoms with Crippen LogP contribution in [-0.4, -0.2) is 16.5 Å². The fraction of sp³-hybridized carbons (Fsp3) is 0.250. The lowest BCUT2D eigenvalue weighted by Gasteiger charge is -2.08. The Morgan fingerprint density at radius 3 is 3.00 bits per heavy atom. The fourth-order valence-corrected chi connectivity index (χ4v) is 2.31. The van der Waals surface area contributed by atoms with Gasteiger partial charge in [0.1, 0.15) is 0 Å². The number of benzene rings is 1. The van der Waals surface area contributed by atoms with E-state index in [0.717, 1.165) is 23.7 Å². The molecule has 2 aromatic rings. The Kier molecular flexibility index (Phi) is 3.88. The van der Waals surface area contributed by atoms with E-state index in [1.807, 2.05) is 11.4 Å². The van der Waals surface area contributed by atoms with Crippen LogP contribution in [0.4, 0.5) is 11.4 Å². The van der Waals surface area contributed by atoms with Gasteiger partial charge in [0.15, 0.2) is 0 Å². The molecule has 94 valence electrons. The number of nitrogens with one attached hydrogen (secondary N) is 1. The van der Waals surface area contributed by atoms with Crippen molar-refractivity contribution in [3.63, 3.8) is 0 Å². The van der Waals surface area contributed by atoms with Crippen molar-refractivity contribution in [3.8, 4) is 0 Å². The molecule has 6 heteroatoms. The van der Waals surface area contributed by atoms with E-state index in [9.17, 15) is 10.1 Å². The highest BCUT2D eigenvalue weighted by atomic mass is 32.1. The molecule has 1 aromatic carbocycles. The smallest absolute Gasteiger partial charge is 0.274 e. The van der Waals surface area contributed by atoms with E-state index in [0.29, 0.717) is 5.56 Å². The molecule has 2 rings (SSSR count). The Hall–Kier alpha value is -1.95. The van der Waals surface area contributed by atoms with Crippen LogP contribution in [0.3, 0.4) is 0 Å². The topological polar surface area (TPSA) is 68.1 Å². The van der Waals surface area contributed by atoms with E-state index in [4.69, 9.17) is 0 Å². The molecule has 0 aliphatic carbocycles. The lowest BCUT2D eigenvalue weighted by atomic mass is 10.1. The quantitative estimate of drug-likeness (QED) is 0.665. The van der Waals surface area contributed by atoms with Gasteiger partial charge >= 0.3 is 0 Å². The van der Waals surface area contributed by atoms with Gasteiger partial charge in [-0.25, -0.2) is 4.98 Å². The first-order chi connectivity index (χ1) is 8.68. The van der Waals surface area contributed by atoms with Gasteiger partial charge in [-0.05, 0) is 13.0 Å². The number of anilines is 1. The molecule has 5 nitrogen and oxygen atoms in total. The Morgan fingerprint density at radius 1 is 1.50 bits per heavy atom. The van der Waals surface area contributed by atoms with Crippen LogP contribution in [0.5, 0.6) is 0 Å². The van der Waals surface area contributed by atoms with Crippen LogP contribution in [0, 0.1) is 17.0 Å². The summed E-state index contributed by atoms with van der Waals surface area (Å²) in [7, 11) is 0. The molecule has 0 bridgehead atoms. The van der Waals surface area contributed by atoms with Crippen molar-refractivity contribution < 1.29 is 4.92 Å². The highest BCUT2D eigenvalue weighted by Crippen LogP contribution is 2.24. The first-order valence-corrected chi connectivity index (χ1v) is 6.42. The monoisotopic (exact) mass is 263 g/mol. The molecule has 0 fully saturated rings. The molecule has 0 radical (unpaired) electrons. The first-order valence-electron chi connectivity index (χ1n) is 5.54.